The molecule has 2 fully saturated rings. The highest BCUT2D eigenvalue weighted by molar-refractivity contribution is 7.88. The van der Waals surface area contributed by atoms with Gasteiger partial charge in [-0.1, -0.05) is 0 Å². The van der Waals surface area contributed by atoms with Gasteiger partial charge < -0.3 is 14.6 Å². The van der Waals surface area contributed by atoms with Gasteiger partial charge in [0.25, 0.3) is 0 Å². The molecule has 144 valence electrons. The molecular formula is C17H24N2O6S. The minimum absolute atomic E-state index is 0.0315. The van der Waals surface area contributed by atoms with Crippen LogP contribution in [0.15, 0.2) is 18.2 Å². The van der Waals surface area contributed by atoms with Gasteiger partial charge in [0.15, 0.2) is 0 Å². The first kappa shape index (κ1) is 18.9. The van der Waals surface area contributed by atoms with E-state index in [9.17, 15) is 18.3 Å². The minimum Gasteiger partial charge on any atom is -0.497 e. The van der Waals surface area contributed by atoms with Crippen molar-refractivity contribution in [1.29, 1.82) is 0 Å². The number of likely N-dealkylation sites (tertiary alicyclic amines) is 1. The van der Waals surface area contributed by atoms with Gasteiger partial charge >= 0.3 is 5.97 Å². The Kier molecular flexibility index (Phi) is 4.89. The lowest BCUT2D eigenvalue weighted by Crippen LogP contribution is -2.41. The molecule has 1 aromatic rings. The van der Waals surface area contributed by atoms with Crippen LogP contribution in [-0.4, -0.2) is 75.4 Å². The molecule has 0 saturated carbocycles. The Hall–Kier alpha value is -1.84. The average molecular weight is 384 g/mol. The number of methoxy groups -OCH3 is 2. The number of fused-ring (bicyclic) bond motifs is 1. The molecule has 2 aliphatic heterocycles. The van der Waals surface area contributed by atoms with Crippen LogP contribution in [0.3, 0.4) is 0 Å². The fourth-order valence-corrected chi connectivity index (χ4v) is 4.93. The number of nitrogens with zero attached hydrogens (tertiary/aromatic N) is 2. The summed E-state index contributed by atoms with van der Waals surface area (Å²) in [6.07, 6.45) is 1.13. The van der Waals surface area contributed by atoms with E-state index in [1.165, 1.54) is 4.31 Å². The quantitative estimate of drug-likeness (QED) is 0.762. The summed E-state index contributed by atoms with van der Waals surface area (Å²) in [7, 11) is -0.229. The number of carboxylic acids is 1. The molecule has 0 spiro atoms. The minimum atomic E-state index is -3.39. The molecule has 0 bridgehead atoms. The van der Waals surface area contributed by atoms with Crippen molar-refractivity contribution in [2.45, 2.75) is 6.54 Å². The molecule has 1 aromatic carbocycles. The predicted octanol–water partition coefficient (Wildman–Crippen LogP) is 0.482. The number of benzene rings is 1. The lowest BCUT2D eigenvalue weighted by atomic mass is 9.81. The molecule has 2 aliphatic rings. The van der Waals surface area contributed by atoms with Gasteiger partial charge in [0.1, 0.15) is 11.5 Å². The van der Waals surface area contributed by atoms with Gasteiger partial charge in [-0.2, -0.15) is 0 Å². The van der Waals surface area contributed by atoms with Crippen LogP contribution in [-0.2, 0) is 21.4 Å². The van der Waals surface area contributed by atoms with Crippen LogP contribution in [0.2, 0.25) is 0 Å². The fraction of sp³-hybridized carbons (Fsp3) is 0.588. The summed E-state index contributed by atoms with van der Waals surface area (Å²) >= 11 is 0. The Morgan fingerprint density at radius 2 is 1.81 bits per heavy atom. The zero-order chi connectivity index (χ0) is 19.1. The summed E-state index contributed by atoms with van der Waals surface area (Å²) in [5.74, 6) is 0.200. The summed E-state index contributed by atoms with van der Waals surface area (Å²) < 4.78 is 35.5. The van der Waals surface area contributed by atoms with Crippen molar-refractivity contribution in [3.63, 3.8) is 0 Å². The van der Waals surface area contributed by atoms with E-state index >= 15 is 0 Å². The maximum absolute atomic E-state index is 12.0. The maximum atomic E-state index is 12.0. The molecule has 0 unspecified atom stereocenters. The number of ether oxygens (including phenoxy) is 2. The average Bonchev–Trinajstić information content (AvgIpc) is 3.09. The first-order chi connectivity index (χ1) is 12.2. The van der Waals surface area contributed by atoms with Crippen LogP contribution in [0.5, 0.6) is 11.5 Å². The molecule has 26 heavy (non-hydrogen) atoms. The van der Waals surface area contributed by atoms with E-state index in [-0.39, 0.29) is 19.0 Å². The first-order valence-corrected chi connectivity index (χ1v) is 10.2. The van der Waals surface area contributed by atoms with Crippen molar-refractivity contribution in [2.75, 3.05) is 46.7 Å². The lowest BCUT2D eigenvalue weighted by molar-refractivity contribution is -0.148. The lowest BCUT2D eigenvalue weighted by Gasteiger charge is -2.25. The van der Waals surface area contributed by atoms with E-state index in [0.29, 0.717) is 31.1 Å². The third-order valence-corrected chi connectivity index (χ3v) is 6.58. The molecule has 2 atom stereocenters. The largest absolute Gasteiger partial charge is 0.497 e. The van der Waals surface area contributed by atoms with Gasteiger partial charge in [0.05, 0.1) is 25.9 Å². The molecule has 9 heteroatoms. The molecule has 2 heterocycles. The van der Waals surface area contributed by atoms with Crippen LogP contribution in [0.25, 0.3) is 0 Å². The standard InChI is InChI=1S/C17H24N2O6S/c1-24-14-4-12(5-15(6-14)25-2)7-18-8-13-9-19(26(3,22)23)11-17(13,10-18)16(20)21/h4-6,13H,7-11H2,1-3H3,(H,20,21)/t13-,17-/m1/s1. The summed E-state index contributed by atoms with van der Waals surface area (Å²) in [6, 6.07) is 5.57. The molecule has 0 aliphatic carbocycles. The SMILES string of the molecule is COc1cc(CN2C[C@@H]3CN(S(C)(=O)=O)C[C@]3(C(=O)O)C2)cc(OC)c1. The van der Waals surface area contributed by atoms with Crippen molar-refractivity contribution in [2.24, 2.45) is 11.3 Å². The number of carbonyl (C=O) groups is 1. The second-order valence-electron chi connectivity index (χ2n) is 7.10. The Morgan fingerprint density at radius 1 is 1.19 bits per heavy atom. The van der Waals surface area contributed by atoms with Crippen LogP contribution >= 0.6 is 0 Å². The summed E-state index contributed by atoms with van der Waals surface area (Å²) in [6.45, 7) is 1.70. The zero-order valence-corrected chi connectivity index (χ0v) is 16.0. The van der Waals surface area contributed by atoms with Gasteiger partial charge in [-0.3, -0.25) is 9.69 Å². The predicted molar refractivity (Wildman–Crippen MR) is 94.8 cm³/mol. The number of carboxylic acid groups (broad SMARTS) is 1. The third kappa shape index (κ3) is 3.38. The third-order valence-electron chi connectivity index (χ3n) is 5.36. The molecule has 2 saturated heterocycles. The fourth-order valence-electron chi connectivity index (χ4n) is 4.01. The molecule has 0 amide bonds. The van der Waals surface area contributed by atoms with E-state index in [2.05, 4.69) is 4.90 Å². The van der Waals surface area contributed by atoms with Crippen molar-refractivity contribution in [1.82, 2.24) is 9.21 Å². The second-order valence-corrected chi connectivity index (χ2v) is 9.09. The molecule has 0 radical (unpaired) electrons. The highest BCUT2D eigenvalue weighted by atomic mass is 32.2. The van der Waals surface area contributed by atoms with Crippen LogP contribution in [0, 0.1) is 11.3 Å². The van der Waals surface area contributed by atoms with Crippen LogP contribution in [0.4, 0.5) is 0 Å². The van der Waals surface area contributed by atoms with Gasteiger partial charge in [-0.05, 0) is 17.7 Å². The highest BCUT2D eigenvalue weighted by Gasteiger charge is 2.59. The molecule has 1 N–H and O–H groups in total. The summed E-state index contributed by atoms with van der Waals surface area (Å²) in [5.41, 5.74) is -0.0897. The monoisotopic (exact) mass is 384 g/mol. The van der Waals surface area contributed by atoms with Crippen molar-refractivity contribution in [3.8, 4) is 11.5 Å². The number of hydrogen-bond donors (Lipinski definition) is 1. The van der Waals surface area contributed by atoms with Gasteiger partial charge in [-0.25, -0.2) is 12.7 Å². The number of aliphatic carboxylic acids is 1. The Balaban J connectivity index is 1.79. The molecule has 3 rings (SSSR count). The molecule has 8 nitrogen and oxygen atoms in total. The van der Waals surface area contributed by atoms with Crippen LogP contribution in [0.1, 0.15) is 5.56 Å². The van der Waals surface area contributed by atoms with E-state index < -0.39 is 21.4 Å². The van der Waals surface area contributed by atoms with Gasteiger partial charge in [0.2, 0.25) is 10.0 Å². The zero-order valence-electron chi connectivity index (χ0n) is 15.1. The van der Waals surface area contributed by atoms with Crippen molar-refractivity contribution in [3.05, 3.63) is 23.8 Å². The Labute approximate surface area is 153 Å². The van der Waals surface area contributed by atoms with E-state index in [4.69, 9.17) is 9.47 Å². The summed E-state index contributed by atoms with van der Waals surface area (Å²) in [5, 5.41) is 9.82. The number of hydrogen-bond acceptors (Lipinski definition) is 6. The topological polar surface area (TPSA) is 96.4 Å². The number of sulfonamides is 1. The summed E-state index contributed by atoms with van der Waals surface area (Å²) in [4.78, 5) is 14.1. The van der Waals surface area contributed by atoms with Gasteiger partial charge in [-0.15, -0.1) is 0 Å². The second kappa shape index (κ2) is 6.71. The van der Waals surface area contributed by atoms with Crippen molar-refractivity contribution >= 4 is 16.0 Å². The van der Waals surface area contributed by atoms with E-state index in [0.717, 1.165) is 11.8 Å². The smallest absolute Gasteiger partial charge is 0.312 e. The normalized spacial score (nSPS) is 26.7. The Bertz CT molecular complexity index is 789. The van der Waals surface area contributed by atoms with Crippen LogP contribution < -0.4 is 9.47 Å². The molecular weight excluding hydrogens is 360 g/mol. The van der Waals surface area contributed by atoms with E-state index in [1.54, 1.807) is 20.3 Å². The number of rotatable bonds is 6. The van der Waals surface area contributed by atoms with E-state index in [1.807, 2.05) is 12.1 Å². The highest BCUT2D eigenvalue weighted by Crippen LogP contribution is 2.44. The maximum Gasteiger partial charge on any atom is 0.312 e. The Morgan fingerprint density at radius 3 is 2.27 bits per heavy atom. The first-order valence-electron chi connectivity index (χ1n) is 8.31. The van der Waals surface area contributed by atoms with Gasteiger partial charge in [0, 0.05) is 44.7 Å². The van der Waals surface area contributed by atoms with Crippen molar-refractivity contribution < 1.29 is 27.8 Å². The molecule has 0 aromatic heterocycles.